The lowest BCUT2D eigenvalue weighted by molar-refractivity contribution is -0.139. The van der Waals surface area contributed by atoms with Crippen LogP contribution >= 0.6 is 31.9 Å². The van der Waals surface area contributed by atoms with Gasteiger partial charge in [0.25, 0.3) is 0 Å². The molecule has 2 rings (SSSR count). The van der Waals surface area contributed by atoms with Gasteiger partial charge in [-0.15, -0.1) is 0 Å². The van der Waals surface area contributed by atoms with Crippen molar-refractivity contribution in [3.8, 4) is 0 Å². The summed E-state index contributed by atoms with van der Waals surface area (Å²) < 4.78 is 4.38. The molecule has 0 aliphatic carbocycles. The van der Waals surface area contributed by atoms with Gasteiger partial charge in [-0.2, -0.15) is 0 Å². The zero-order valence-corrected chi connectivity index (χ0v) is 11.1. The predicted molar refractivity (Wildman–Crippen MR) is 65.3 cm³/mol. The van der Waals surface area contributed by atoms with Gasteiger partial charge in [0.1, 0.15) is 4.32 Å². The largest absolute Gasteiger partial charge is 0.465 e. The summed E-state index contributed by atoms with van der Waals surface area (Å²) in [6, 6.07) is 9.86. The molecule has 0 spiro atoms. The van der Waals surface area contributed by atoms with Crippen molar-refractivity contribution in [2.24, 2.45) is 0 Å². The van der Waals surface area contributed by atoms with Crippen LogP contribution < -0.4 is 0 Å². The lowest BCUT2D eigenvalue weighted by atomic mass is 9.98. The topological polar surface area (TPSA) is 26.3 Å². The highest BCUT2D eigenvalue weighted by atomic mass is 79.9. The summed E-state index contributed by atoms with van der Waals surface area (Å²) in [4.78, 5) is 11.6. The van der Waals surface area contributed by atoms with Gasteiger partial charge in [0.2, 0.25) is 0 Å². The van der Waals surface area contributed by atoms with E-state index in [4.69, 9.17) is 4.74 Å². The average Bonchev–Trinajstić information content (AvgIpc) is 2.61. The molecule has 2 atom stereocenters. The summed E-state index contributed by atoms with van der Waals surface area (Å²) in [6.07, 6.45) is 0.691. The molecule has 0 unspecified atom stereocenters. The second-order valence-electron chi connectivity index (χ2n) is 3.52. The van der Waals surface area contributed by atoms with E-state index in [9.17, 15) is 4.79 Å². The number of alkyl halides is 2. The van der Waals surface area contributed by atoms with Crippen LogP contribution in [0.5, 0.6) is 0 Å². The van der Waals surface area contributed by atoms with Gasteiger partial charge in [-0.05, 0) is 5.56 Å². The summed E-state index contributed by atoms with van der Waals surface area (Å²) in [5, 5.41) is 0. The van der Waals surface area contributed by atoms with Crippen LogP contribution in [0.2, 0.25) is 0 Å². The first kappa shape index (κ1) is 11.1. The van der Waals surface area contributed by atoms with Crippen molar-refractivity contribution in [2.75, 3.05) is 6.61 Å². The number of cyclic esters (lactones) is 1. The van der Waals surface area contributed by atoms with Crippen molar-refractivity contribution >= 4 is 37.8 Å². The number of hydrogen-bond acceptors (Lipinski definition) is 2. The Morgan fingerprint density at radius 1 is 1.33 bits per heavy atom. The van der Waals surface area contributed by atoms with Crippen molar-refractivity contribution in [1.29, 1.82) is 0 Å². The van der Waals surface area contributed by atoms with Crippen LogP contribution in [0.25, 0.3) is 0 Å². The van der Waals surface area contributed by atoms with Crippen LogP contribution in [0.3, 0.4) is 0 Å². The Balaban J connectivity index is 2.28. The quantitative estimate of drug-likeness (QED) is 0.613. The molecule has 1 saturated heterocycles. The molecule has 1 aromatic rings. The molecule has 1 heterocycles. The molecule has 80 valence electrons. The van der Waals surface area contributed by atoms with Crippen LogP contribution in [0.4, 0.5) is 0 Å². The van der Waals surface area contributed by atoms with Crippen molar-refractivity contribution in [2.45, 2.75) is 15.6 Å². The highest BCUT2D eigenvalue weighted by Crippen LogP contribution is 2.46. The van der Waals surface area contributed by atoms with Crippen LogP contribution in [0, 0.1) is 0 Å². The molecular formula is C11H10Br2O2. The maximum atomic E-state index is 11.6. The summed E-state index contributed by atoms with van der Waals surface area (Å²) >= 11 is 7.05. The fourth-order valence-corrected chi connectivity index (χ4v) is 2.89. The van der Waals surface area contributed by atoms with Gasteiger partial charge in [-0.1, -0.05) is 62.2 Å². The fraction of sp³-hybridized carbons (Fsp3) is 0.364. The molecule has 0 radical (unpaired) electrons. The van der Waals surface area contributed by atoms with Gasteiger partial charge in [-0.25, -0.2) is 0 Å². The smallest absolute Gasteiger partial charge is 0.324 e. The number of ether oxygens (including phenoxy) is 1. The molecule has 1 aromatic carbocycles. The lowest BCUT2D eigenvalue weighted by Gasteiger charge is -2.23. The van der Waals surface area contributed by atoms with E-state index in [1.54, 1.807) is 0 Å². The van der Waals surface area contributed by atoms with E-state index in [1.165, 1.54) is 0 Å². The minimum atomic E-state index is -0.617. The van der Waals surface area contributed by atoms with Crippen LogP contribution in [-0.4, -0.2) is 16.9 Å². The van der Waals surface area contributed by atoms with E-state index in [-0.39, 0.29) is 10.8 Å². The van der Waals surface area contributed by atoms with Crippen LogP contribution in [0.15, 0.2) is 30.3 Å². The molecule has 1 aliphatic heterocycles. The minimum Gasteiger partial charge on any atom is -0.465 e. The number of carbonyl (C=O) groups is 1. The SMILES string of the molecule is O=C1OCC[C@@]1(Br)[C@@H](Br)c1ccccc1. The third-order valence-electron chi connectivity index (χ3n) is 2.53. The molecular weight excluding hydrogens is 324 g/mol. The van der Waals surface area contributed by atoms with E-state index in [2.05, 4.69) is 31.9 Å². The number of rotatable bonds is 2. The maximum Gasteiger partial charge on any atom is 0.324 e. The summed E-state index contributed by atoms with van der Waals surface area (Å²) in [5.41, 5.74) is 1.08. The third-order valence-corrected chi connectivity index (χ3v) is 5.64. The highest BCUT2D eigenvalue weighted by molar-refractivity contribution is 9.12. The second kappa shape index (κ2) is 4.26. The zero-order chi connectivity index (χ0) is 10.9. The molecule has 0 N–H and O–H groups in total. The minimum absolute atomic E-state index is 0.0544. The molecule has 0 bridgehead atoms. The van der Waals surface area contributed by atoms with Gasteiger partial charge < -0.3 is 4.74 Å². The molecule has 1 aliphatic rings. The Kier molecular flexibility index (Phi) is 3.16. The fourth-order valence-electron chi connectivity index (χ4n) is 1.63. The molecule has 4 heteroatoms. The Bertz CT molecular complexity index is 366. The second-order valence-corrected chi connectivity index (χ2v) is 5.85. The molecule has 15 heavy (non-hydrogen) atoms. The molecule has 1 fully saturated rings. The average molecular weight is 334 g/mol. The first-order valence-electron chi connectivity index (χ1n) is 4.70. The predicted octanol–water partition coefficient (Wildman–Crippen LogP) is 3.20. The first-order chi connectivity index (χ1) is 7.14. The van der Waals surface area contributed by atoms with Gasteiger partial charge in [0, 0.05) is 6.42 Å². The molecule has 0 amide bonds. The third kappa shape index (κ3) is 1.97. The van der Waals surface area contributed by atoms with Crippen molar-refractivity contribution in [3.63, 3.8) is 0 Å². The van der Waals surface area contributed by atoms with Gasteiger partial charge in [-0.3, -0.25) is 4.79 Å². The monoisotopic (exact) mass is 332 g/mol. The van der Waals surface area contributed by atoms with E-state index in [0.29, 0.717) is 13.0 Å². The van der Waals surface area contributed by atoms with E-state index in [0.717, 1.165) is 5.56 Å². The van der Waals surface area contributed by atoms with E-state index >= 15 is 0 Å². The van der Waals surface area contributed by atoms with E-state index < -0.39 is 4.32 Å². The zero-order valence-electron chi connectivity index (χ0n) is 7.95. The molecule has 0 saturated carbocycles. The standard InChI is InChI=1S/C11H10Br2O2/c12-9(8-4-2-1-3-5-8)11(13)6-7-15-10(11)14/h1-5,9H,6-7H2/t9-,11+/m0/s1. The van der Waals surface area contributed by atoms with Crippen molar-refractivity contribution < 1.29 is 9.53 Å². The van der Waals surface area contributed by atoms with Crippen LogP contribution in [0.1, 0.15) is 16.8 Å². The van der Waals surface area contributed by atoms with Crippen LogP contribution in [-0.2, 0) is 9.53 Å². The molecule has 2 nitrogen and oxygen atoms in total. The normalized spacial score (nSPS) is 27.5. The number of hydrogen-bond donors (Lipinski definition) is 0. The Morgan fingerprint density at radius 3 is 2.53 bits per heavy atom. The van der Waals surface area contributed by atoms with Gasteiger partial charge in [0.05, 0.1) is 11.4 Å². The first-order valence-corrected chi connectivity index (χ1v) is 6.40. The number of benzene rings is 1. The summed E-state index contributed by atoms with van der Waals surface area (Å²) in [5.74, 6) is -0.187. The maximum absolute atomic E-state index is 11.6. The van der Waals surface area contributed by atoms with Crippen molar-refractivity contribution in [1.82, 2.24) is 0 Å². The Hall–Kier alpha value is -0.350. The van der Waals surface area contributed by atoms with E-state index in [1.807, 2.05) is 30.3 Å². The number of halogens is 2. The number of carbonyl (C=O) groups excluding carboxylic acids is 1. The number of esters is 1. The highest BCUT2D eigenvalue weighted by Gasteiger charge is 2.48. The summed E-state index contributed by atoms with van der Waals surface area (Å²) in [6.45, 7) is 0.485. The molecule has 0 aromatic heterocycles. The van der Waals surface area contributed by atoms with Crippen molar-refractivity contribution in [3.05, 3.63) is 35.9 Å². The van der Waals surface area contributed by atoms with Gasteiger partial charge in [0.15, 0.2) is 0 Å². The Morgan fingerprint density at radius 2 is 2.00 bits per heavy atom. The lowest BCUT2D eigenvalue weighted by Crippen LogP contribution is -2.31. The summed E-state index contributed by atoms with van der Waals surface area (Å²) in [7, 11) is 0. The Labute approximate surface area is 105 Å². The van der Waals surface area contributed by atoms with Gasteiger partial charge >= 0.3 is 5.97 Å².